The van der Waals surface area contributed by atoms with Gasteiger partial charge in [-0.1, -0.05) is 11.6 Å². The van der Waals surface area contributed by atoms with Crippen LogP contribution < -0.4 is 19.5 Å². The van der Waals surface area contributed by atoms with Crippen molar-refractivity contribution in [3.05, 3.63) is 16.7 Å². The highest BCUT2D eigenvalue weighted by molar-refractivity contribution is 6.33. The molecule has 1 saturated heterocycles. The predicted molar refractivity (Wildman–Crippen MR) is 76.0 cm³/mol. The van der Waals surface area contributed by atoms with Gasteiger partial charge in [-0.25, -0.2) is 0 Å². The van der Waals surface area contributed by atoms with Gasteiger partial charge in [0.25, 0.3) is 0 Å². The Morgan fingerprint density at radius 2 is 1.89 bits per heavy atom. The molecule has 0 radical (unpaired) electrons. The van der Waals surface area contributed by atoms with E-state index in [1.807, 2.05) is 6.07 Å². The zero-order valence-corrected chi connectivity index (χ0v) is 12.3. The van der Waals surface area contributed by atoms with E-state index in [0.717, 1.165) is 37.2 Å². The summed E-state index contributed by atoms with van der Waals surface area (Å²) < 4.78 is 16.1. The van der Waals surface area contributed by atoms with Crippen LogP contribution in [-0.2, 0) is 0 Å². The van der Waals surface area contributed by atoms with Crippen molar-refractivity contribution in [2.45, 2.75) is 18.8 Å². The lowest BCUT2D eigenvalue weighted by Gasteiger charge is -2.27. The second-order valence-corrected chi connectivity index (χ2v) is 4.96. The van der Waals surface area contributed by atoms with Crippen molar-refractivity contribution in [2.24, 2.45) is 0 Å². The molecule has 0 aromatic heterocycles. The van der Waals surface area contributed by atoms with Crippen LogP contribution in [0.5, 0.6) is 17.2 Å². The summed E-state index contributed by atoms with van der Waals surface area (Å²) in [4.78, 5) is 0. The van der Waals surface area contributed by atoms with Crippen molar-refractivity contribution in [1.82, 2.24) is 5.32 Å². The van der Waals surface area contributed by atoms with Crippen LogP contribution in [0.15, 0.2) is 6.07 Å². The lowest BCUT2D eigenvalue weighted by Crippen LogP contribution is -2.28. The van der Waals surface area contributed by atoms with Crippen LogP contribution in [0, 0.1) is 0 Å². The van der Waals surface area contributed by atoms with Gasteiger partial charge >= 0.3 is 0 Å². The van der Waals surface area contributed by atoms with Crippen molar-refractivity contribution >= 4 is 11.6 Å². The molecule has 1 aliphatic heterocycles. The Kier molecular flexibility index (Phi) is 4.77. The molecule has 0 saturated carbocycles. The number of hydrogen-bond donors (Lipinski definition) is 1. The van der Waals surface area contributed by atoms with E-state index in [1.54, 1.807) is 21.3 Å². The monoisotopic (exact) mass is 285 g/mol. The number of rotatable bonds is 4. The Bertz CT molecular complexity index is 445. The number of methoxy groups -OCH3 is 3. The molecule has 1 atom stereocenters. The summed E-state index contributed by atoms with van der Waals surface area (Å²) in [7, 11) is 4.84. The lowest BCUT2D eigenvalue weighted by molar-refractivity contribution is 0.344. The Labute approximate surface area is 119 Å². The van der Waals surface area contributed by atoms with Crippen molar-refractivity contribution in [2.75, 3.05) is 34.4 Å². The van der Waals surface area contributed by atoms with E-state index < -0.39 is 0 Å². The first-order chi connectivity index (χ1) is 9.22. The molecule has 2 rings (SSSR count). The first kappa shape index (κ1) is 14.3. The van der Waals surface area contributed by atoms with E-state index in [0.29, 0.717) is 22.4 Å². The van der Waals surface area contributed by atoms with Gasteiger partial charge in [0.2, 0.25) is 0 Å². The third-order valence-electron chi connectivity index (χ3n) is 3.54. The standard InChI is InChI=1S/C14H20ClNO3/c1-17-10-7-11(18-2)14(19-3)13(15)12(10)9-5-4-6-16-8-9/h7,9,16H,4-6,8H2,1-3H3. The Balaban J connectivity index is 2.50. The summed E-state index contributed by atoms with van der Waals surface area (Å²) in [6, 6.07) is 1.84. The molecule has 1 aromatic carbocycles. The van der Waals surface area contributed by atoms with Crippen LogP contribution in [0.25, 0.3) is 0 Å². The quantitative estimate of drug-likeness (QED) is 0.923. The zero-order valence-electron chi connectivity index (χ0n) is 11.6. The van der Waals surface area contributed by atoms with E-state index in [4.69, 9.17) is 25.8 Å². The van der Waals surface area contributed by atoms with Crippen LogP contribution in [0.3, 0.4) is 0 Å². The highest BCUT2D eigenvalue weighted by atomic mass is 35.5. The van der Waals surface area contributed by atoms with Gasteiger partial charge in [-0.2, -0.15) is 0 Å². The van der Waals surface area contributed by atoms with E-state index in [9.17, 15) is 0 Å². The summed E-state index contributed by atoms with van der Waals surface area (Å²) >= 11 is 6.50. The highest BCUT2D eigenvalue weighted by Crippen LogP contribution is 2.46. The lowest BCUT2D eigenvalue weighted by atomic mass is 9.90. The molecule has 1 fully saturated rings. The van der Waals surface area contributed by atoms with Crippen molar-refractivity contribution in [3.63, 3.8) is 0 Å². The van der Waals surface area contributed by atoms with E-state index in [-0.39, 0.29) is 0 Å². The van der Waals surface area contributed by atoms with E-state index in [2.05, 4.69) is 5.32 Å². The first-order valence-electron chi connectivity index (χ1n) is 6.42. The minimum atomic E-state index is 0.344. The smallest absolute Gasteiger partial charge is 0.179 e. The van der Waals surface area contributed by atoms with Crippen LogP contribution in [0.1, 0.15) is 24.3 Å². The van der Waals surface area contributed by atoms with E-state index in [1.165, 1.54) is 0 Å². The van der Waals surface area contributed by atoms with Gasteiger partial charge in [-0.15, -0.1) is 0 Å². The maximum atomic E-state index is 6.50. The second-order valence-electron chi connectivity index (χ2n) is 4.59. The van der Waals surface area contributed by atoms with Gasteiger partial charge in [0, 0.05) is 24.1 Å². The largest absolute Gasteiger partial charge is 0.496 e. The molecule has 1 aliphatic rings. The molecule has 0 amide bonds. The average molecular weight is 286 g/mol. The summed E-state index contributed by atoms with van der Waals surface area (Å²) in [6.45, 7) is 1.97. The highest BCUT2D eigenvalue weighted by Gasteiger charge is 2.26. The summed E-state index contributed by atoms with van der Waals surface area (Å²) in [5, 5.41) is 3.98. The maximum absolute atomic E-state index is 6.50. The first-order valence-corrected chi connectivity index (χ1v) is 6.79. The van der Waals surface area contributed by atoms with Crippen LogP contribution >= 0.6 is 11.6 Å². The fourth-order valence-electron chi connectivity index (χ4n) is 2.59. The SMILES string of the molecule is COc1cc(OC)c(C2CCCNC2)c(Cl)c1OC. The molecule has 1 unspecified atom stereocenters. The van der Waals surface area contributed by atoms with Gasteiger partial charge in [0.15, 0.2) is 11.5 Å². The molecule has 1 aromatic rings. The minimum absolute atomic E-state index is 0.344. The molecule has 0 bridgehead atoms. The number of ether oxygens (including phenoxy) is 3. The van der Waals surface area contributed by atoms with Crippen molar-refractivity contribution in [1.29, 1.82) is 0 Å². The summed E-state index contributed by atoms with van der Waals surface area (Å²) in [6.07, 6.45) is 2.23. The molecule has 0 spiro atoms. The third kappa shape index (κ3) is 2.74. The topological polar surface area (TPSA) is 39.7 Å². The van der Waals surface area contributed by atoms with Crippen molar-refractivity contribution in [3.8, 4) is 17.2 Å². The van der Waals surface area contributed by atoms with Gasteiger partial charge in [0.05, 0.1) is 26.4 Å². The molecular weight excluding hydrogens is 266 g/mol. The molecule has 5 heteroatoms. The summed E-state index contributed by atoms with van der Waals surface area (Å²) in [5.41, 5.74) is 1.01. The van der Waals surface area contributed by atoms with Crippen LogP contribution in [0.2, 0.25) is 5.02 Å². The fourth-order valence-corrected chi connectivity index (χ4v) is 3.01. The second kappa shape index (κ2) is 6.35. The average Bonchev–Trinajstić information content (AvgIpc) is 2.46. The molecule has 1 N–H and O–H groups in total. The third-order valence-corrected chi connectivity index (χ3v) is 3.91. The predicted octanol–water partition coefficient (Wildman–Crippen LogP) is 2.83. The number of nitrogens with one attached hydrogen (secondary N) is 1. The van der Waals surface area contributed by atoms with E-state index >= 15 is 0 Å². The Morgan fingerprint density at radius 1 is 1.16 bits per heavy atom. The molecule has 4 nitrogen and oxygen atoms in total. The molecule has 19 heavy (non-hydrogen) atoms. The zero-order chi connectivity index (χ0) is 13.8. The molecule has 0 aliphatic carbocycles. The normalized spacial score (nSPS) is 19.1. The van der Waals surface area contributed by atoms with Gasteiger partial charge in [-0.05, 0) is 19.4 Å². The number of hydrogen-bond acceptors (Lipinski definition) is 4. The van der Waals surface area contributed by atoms with Crippen molar-refractivity contribution < 1.29 is 14.2 Å². The summed E-state index contributed by atoms with van der Waals surface area (Å²) in [5.74, 6) is 2.27. The number of halogens is 1. The fraction of sp³-hybridized carbons (Fsp3) is 0.571. The van der Waals surface area contributed by atoms with Crippen LogP contribution in [0.4, 0.5) is 0 Å². The number of piperidine rings is 1. The van der Waals surface area contributed by atoms with Gasteiger partial charge in [0.1, 0.15) is 5.75 Å². The maximum Gasteiger partial charge on any atom is 0.179 e. The molecule has 1 heterocycles. The minimum Gasteiger partial charge on any atom is -0.496 e. The van der Waals surface area contributed by atoms with Gasteiger partial charge < -0.3 is 19.5 Å². The Hall–Kier alpha value is -1.13. The molecular formula is C14H20ClNO3. The van der Waals surface area contributed by atoms with Gasteiger partial charge in [-0.3, -0.25) is 0 Å². The molecule has 106 valence electrons. The number of benzene rings is 1. The van der Waals surface area contributed by atoms with Crippen LogP contribution in [-0.4, -0.2) is 34.4 Å². The Morgan fingerprint density at radius 3 is 2.42 bits per heavy atom.